The summed E-state index contributed by atoms with van der Waals surface area (Å²) in [4.78, 5) is 14.4. The molecule has 2 aliphatic rings. The van der Waals surface area contributed by atoms with Crippen LogP contribution in [0.15, 0.2) is 0 Å². The molecule has 5 nitrogen and oxygen atoms in total. The molecule has 0 aromatic heterocycles. The van der Waals surface area contributed by atoms with E-state index in [2.05, 4.69) is 17.3 Å². The van der Waals surface area contributed by atoms with E-state index in [1.165, 1.54) is 0 Å². The van der Waals surface area contributed by atoms with Gasteiger partial charge in [-0.05, 0) is 45.7 Å². The fourth-order valence-electron chi connectivity index (χ4n) is 2.99. The van der Waals surface area contributed by atoms with Crippen LogP contribution in [0.1, 0.15) is 32.1 Å². The van der Waals surface area contributed by atoms with Gasteiger partial charge >= 0.3 is 0 Å². The first-order chi connectivity index (χ1) is 8.52. The lowest BCUT2D eigenvalue weighted by atomic mass is 9.78. The van der Waals surface area contributed by atoms with Crippen LogP contribution in [0, 0.1) is 5.92 Å². The van der Waals surface area contributed by atoms with E-state index in [0.29, 0.717) is 25.4 Å². The quantitative estimate of drug-likeness (QED) is 0.646. The Morgan fingerprint density at radius 2 is 2.11 bits per heavy atom. The van der Waals surface area contributed by atoms with Crippen molar-refractivity contribution in [3.8, 4) is 0 Å². The largest absolute Gasteiger partial charge is 0.389 e. The fourth-order valence-corrected chi connectivity index (χ4v) is 2.99. The molecule has 1 saturated heterocycles. The van der Waals surface area contributed by atoms with Gasteiger partial charge in [-0.1, -0.05) is 0 Å². The SMILES string of the molecule is CN1CCC(NC(=O)C2CCC(O)(CN)CC2)C1. The number of nitrogens with two attached hydrogens (primary N) is 1. The Labute approximate surface area is 109 Å². The Morgan fingerprint density at radius 1 is 1.44 bits per heavy atom. The summed E-state index contributed by atoms with van der Waals surface area (Å²) in [6.45, 7) is 2.31. The maximum Gasteiger partial charge on any atom is 0.223 e. The second-order valence-corrected chi connectivity index (χ2v) is 5.96. The molecule has 2 rings (SSSR count). The number of carbonyl (C=O) groups excluding carboxylic acids is 1. The molecule has 1 amide bonds. The summed E-state index contributed by atoms with van der Waals surface area (Å²) in [6.07, 6.45) is 3.84. The van der Waals surface area contributed by atoms with Gasteiger partial charge in [0, 0.05) is 25.0 Å². The molecule has 0 spiro atoms. The van der Waals surface area contributed by atoms with Gasteiger partial charge in [0.25, 0.3) is 0 Å². The minimum absolute atomic E-state index is 0.0581. The maximum absolute atomic E-state index is 12.1. The van der Waals surface area contributed by atoms with E-state index in [1.807, 2.05) is 0 Å². The van der Waals surface area contributed by atoms with Crippen molar-refractivity contribution in [3.05, 3.63) is 0 Å². The Balaban J connectivity index is 1.77. The van der Waals surface area contributed by atoms with Crippen LogP contribution in [-0.2, 0) is 4.79 Å². The topological polar surface area (TPSA) is 78.6 Å². The molecular weight excluding hydrogens is 230 g/mol. The van der Waals surface area contributed by atoms with Gasteiger partial charge in [-0.3, -0.25) is 4.79 Å². The fraction of sp³-hybridized carbons (Fsp3) is 0.923. The third kappa shape index (κ3) is 3.22. The number of amides is 1. The van der Waals surface area contributed by atoms with Crippen LogP contribution in [0.3, 0.4) is 0 Å². The highest BCUT2D eigenvalue weighted by Crippen LogP contribution is 2.31. The van der Waals surface area contributed by atoms with E-state index in [1.54, 1.807) is 0 Å². The lowest BCUT2D eigenvalue weighted by Crippen LogP contribution is -2.46. The number of likely N-dealkylation sites (N-methyl/N-ethyl adjacent to an activating group) is 1. The van der Waals surface area contributed by atoms with Gasteiger partial charge in [-0.15, -0.1) is 0 Å². The summed E-state index contributed by atoms with van der Waals surface area (Å²) in [7, 11) is 2.08. The highest BCUT2D eigenvalue weighted by atomic mass is 16.3. The lowest BCUT2D eigenvalue weighted by Gasteiger charge is -2.34. The second kappa shape index (κ2) is 5.55. The summed E-state index contributed by atoms with van der Waals surface area (Å²) in [6, 6.07) is 0.304. The van der Waals surface area contributed by atoms with Gasteiger partial charge in [0.05, 0.1) is 5.60 Å². The van der Waals surface area contributed by atoms with Crippen LogP contribution in [0.4, 0.5) is 0 Å². The monoisotopic (exact) mass is 255 g/mol. The molecule has 1 unspecified atom stereocenters. The van der Waals surface area contributed by atoms with Gasteiger partial charge in [-0.2, -0.15) is 0 Å². The Kier molecular flexibility index (Phi) is 4.25. The van der Waals surface area contributed by atoms with Crippen molar-refractivity contribution in [3.63, 3.8) is 0 Å². The first-order valence-corrected chi connectivity index (χ1v) is 6.94. The van der Waals surface area contributed by atoms with Crippen LogP contribution in [-0.4, -0.2) is 54.2 Å². The van der Waals surface area contributed by atoms with Crippen molar-refractivity contribution in [2.75, 3.05) is 26.7 Å². The number of hydrogen-bond donors (Lipinski definition) is 3. The Bertz CT molecular complexity index is 301. The first-order valence-electron chi connectivity index (χ1n) is 6.94. The van der Waals surface area contributed by atoms with Crippen molar-refractivity contribution in [1.29, 1.82) is 0 Å². The van der Waals surface area contributed by atoms with Crippen LogP contribution in [0.5, 0.6) is 0 Å². The van der Waals surface area contributed by atoms with Crippen LogP contribution in [0.25, 0.3) is 0 Å². The minimum Gasteiger partial charge on any atom is -0.389 e. The summed E-state index contributed by atoms with van der Waals surface area (Å²) < 4.78 is 0. The number of hydrogen-bond acceptors (Lipinski definition) is 4. The molecule has 1 atom stereocenters. The van der Waals surface area contributed by atoms with E-state index in [9.17, 15) is 9.90 Å². The molecule has 104 valence electrons. The third-order valence-electron chi connectivity index (χ3n) is 4.40. The first kappa shape index (κ1) is 13.8. The van der Waals surface area contributed by atoms with Crippen LogP contribution >= 0.6 is 0 Å². The Morgan fingerprint density at radius 3 is 2.61 bits per heavy atom. The third-order valence-corrected chi connectivity index (χ3v) is 4.40. The molecule has 0 radical (unpaired) electrons. The number of likely N-dealkylation sites (tertiary alicyclic amines) is 1. The Hall–Kier alpha value is -0.650. The average molecular weight is 255 g/mol. The van der Waals surface area contributed by atoms with Crippen molar-refractivity contribution in [1.82, 2.24) is 10.2 Å². The van der Waals surface area contributed by atoms with E-state index in [0.717, 1.165) is 32.4 Å². The van der Waals surface area contributed by atoms with E-state index < -0.39 is 5.60 Å². The van der Waals surface area contributed by atoms with Gasteiger partial charge in [-0.25, -0.2) is 0 Å². The van der Waals surface area contributed by atoms with Crippen molar-refractivity contribution in [2.45, 2.75) is 43.7 Å². The number of nitrogens with zero attached hydrogens (tertiary/aromatic N) is 1. The standard InChI is InChI=1S/C13H25N3O2/c1-16-7-4-11(8-16)15-12(17)10-2-5-13(18,9-14)6-3-10/h10-11,18H,2-9,14H2,1H3,(H,15,17). The van der Waals surface area contributed by atoms with E-state index in [-0.39, 0.29) is 11.8 Å². The lowest BCUT2D eigenvalue weighted by molar-refractivity contribution is -0.128. The zero-order chi connectivity index (χ0) is 13.2. The average Bonchev–Trinajstić information content (AvgIpc) is 2.75. The number of rotatable bonds is 3. The molecule has 1 heterocycles. The van der Waals surface area contributed by atoms with E-state index in [4.69, 9.17) is 5.73 Å². The molecule has 1 saturated carbocycles. The van der Waals surface area contributed by atoms with E-state index >= 15 is 0 Å². The molecule has 1 aliphatic heterocycles. The van der Waals surface area contributed by atoms with Gasteiger partial charge in [0.1, 0.15) is 0 Å². The molecule has 18 heavy (non-hydrogen) atoms. The minimum atomic E-state index is -0.732. The molecule has 5 heteroatoms. The molecular formula is C13H25N3O2. The van der Waals surface area contributed by atoms with Crippen molar-refractivity contribution >= 4 is 5.91 Å². The van der Waals surface area contributed by atoms with Crippen LogP contribution in [0.2, 0.25) is 0 Å². The van der Waals surface area contributed by atoms with Crippen LogP contribution < -0.4 is 11.1 Å². The number of aliphatic hydroxyl groups is 1. The summed E-state index contributed by atoms with van der Waals surface area (Å²) >= 11 is 0. The zero-order valence-electron chi connectivity index (χ0n) is 11.2. The van der Waals surface area contributed by atoms with Gasteiger partial charge < -0.3 is 21.1 Å². The predicted molar refractivity (Wildman–Crippen MR) is 70.0 cm³/mol. The van der Waals surface area contributed by atoms with Crippen molar-refractivity contribution in [2.24, 2.45) is 11.7 Å². The predicted octanol–water partition coefficient (Wildman–Crippen LogP) is -0.313. The highest BCUT2D eigenvalue weighted by Gasteiger charge is 2.35. The van der Waals surface area contributed by atoms with Crippen molar-refractivity contribution < 1.29 is 9.90 Å². The molecule has 4 N–H and O–H groups in total. The second-order valence-electron chi connectivity index (χ2n) is 5.96. The van der Waals surface area contributed by atoms with Gasteiger partial charge in [0.2, 0.25) is 5.91 Å². The molecule has 0 aromatic carbocycles. The summed E-state index contributed by atoms with van der Waals surface area (Å²) in [5.41, 5.74) is 4.82. The highest BCUT2D eigenvalue weighted by molar-refractivity contribution is 5.79. The zero-order valence-corrected chi connectivity index (χ0v) is 11.2. The maximum atomic E-state index is 12.1. The molecule has 0 bridgehead atoms. The summed E-state index contributed by atoms with van der Waals surface area (Å²) in [5, 5.41) is 13.2. The summed E-state index contributed by atoms with van der Waals surface area (Å²) in [5.74, 6) is 0.220. The normalized spacial score (nSPS) is 37.7. The number of carbonyl (C=O) groups is 1. The molecule has 1 aliphatic carbocycles. The smallest absolute Gasteiger partial charge is 0.223 e. The number of nitrogens with one attached hydrogen (secondary N) is 1. The molecule has 2 fully saturated rings. The molecule has 0 aromatic rings. The van der Waals surface area contributed by atoms with Gasteiger partial charge in [0.15, 0.2) is 0 Å².